The lowest BCUT2D eigenvalue weighted by molar-refractivity contribution is -0.122. The second-order valence-electron chi connectivity index (χ2n) is 6.90. The average Bonchev–Trinajstić information content (AvgIpc) is 3.49. The number of aromatic nitrogens is 1. The fourth-order valence-electron chi connectivity index (χ4n) is 3.05. The van der Waals surface area contributed by atoms with Crippen molar-refractivity contribution in [3.8, 4) is 0 Å². The molecule has 164 valence electrons. The molecular formula is C22H18ClN3O3S3. The lowest BCUT2D eigenvalue weighted by atomic mass is 10.1. The van der Waals surface area contributed by atoms with Crippen LogP contribution in [-0.4, -0.2) is 32.6 Å². The number of carbonyl (C=O) groups excluding carboxylic acids is 2. The van der Waals surface area contributed by atoms with Crippen molar-refractivity contribution in [3.63, 3.8) is 0 Å². The molecule has 1 aromatic carbocycles. The highest BCUT2D eigenvalue weighted by atomic mass is 35.5. The molecule has 2 amide bonds. The number of furan rings is 1. The molecule has 0 saturated carbocycles. The Bertz CT molecular complexity index is 1170. The van der Waals surface area contributed by atoms with Crippen molar-refractivity contribution in [2.75, 3.05) is 11.9 Å². The minimum absolute atomic E-state index is 0.153. The number of nitrogens with one attached hydrogen (secondary N) is 1. The third-order valence-electron chi connectivity index (χ3n) is 4.60. The molecule has 1 N–H and O–H groups in total. The first-order valence-electron chi connectivity index (χ1n) is 9.76. The Balaban J connectivity index is 1.25. The van der Waals surface area contributed by atoms with Gasteiger partial charge < -0.3 is 9.73 Å². The maximum Gasteiger partial charge on any atom is 0.266 e. The van der Waals surface area contributed by atoms with Crippen molar-refractivity contribution in [2.45, 2.75) is 19.3 Å². The number of hydrogen-bond acceptors (Lipinski definition) is 7. The van der Waals surface area contributed by atoms with Crippen LogP contribution in [0.15, 0.2) is 58.2 Å². The number of carbonyl (C=O) groups is 2. The maximum atomic E-state index is 12.6. The van der Waals surface area contributed by atoms with Crippen LogP contribution in [-0.2, 0) is 16.0 Å². The summed E-state index contributed by atoms with van der Waals surface area (Å²) in [4.78, 5) is 32.2. The Morgan fingerprint density at radius 1 is 1.28 bits per heavy atom. The zero-order chi connectivity index (χ0) is 22.5. The Kier molecular flexibility index (Phi) is 7.41. The van der Waals surface area contributed by atoms with Crippen molar-refractivity contribution in [3.05, 3.63) is 75.0 Å². The van der Waals surface area contributed by atoms with Crippen molar-refractivity contribution >= 4 is 74.3 Å². The van der Waals surface area contributed by atoms with Gasteiger partial charge in [-0.05, 0) is 30.2 Å². The van der Waals surface area contributed by atoms with Crippen molar-refractivity contribution < 1.29 is 14.0 Å². The van der Waals surface area contributed by atoms with E-state index in [2.05, 4.69) is 10.3 Å². The fraction of sp³-hybridized carbons (Fsp3) is 0.182. The molecule has 0 aliphatic carbocycles. The first kappa shape index (κ1) is 22.7. The van der Waals surface area contributed by atoms with Gasteiger partial charge in [0.2, 0.25) is 5.91 Å². The number of rotatable bonds is 8. The topological polar surface area (TPSA) is 75.4 Å². The van der Waals surface area contributed by atoms with Gasteiger partial charge in [0.1, 0.15) is 10.1 Å². The minimum Gasteiger partial charge on any atom is -0.465 e. The number of hydrogen-bond donors (Lipinski definition) is 1. The number of thiocarbonyl (C=S) groups is 1. The molecule has 0 unspecified atom stereocenters. The van der Waals surface area contributed by atoms with Crippen LogP contribution in [0.3, 0.4) is 0 Å². The van der Waals surface area contributed by atoms with E-state index >= 15 is 0 Å². The molecule has 1 aliphatic heterocycles. The highest BCUT2D eigenvalue weighted by Gasteiger charge is 2.31. The second kappa shape index (κ2) is 10.4. The fourth-order valence-corrected chi connectivity index (χ4v) is 5.39. The van der Waals surface area contributed by atoms with E-state index in [1.165, 1.54) is 28.0 Å². The van der Waals surface area contributed by atoms with Gasteiger partial charge in [-0.3, -0.25) is 14.5 Å². The normalized spacial score (nSPS) is 15.0. The SMILES string of the molecule is O=C(CCCN1C(=O)C(=Cc2ccco2)SC1=S)Nc1ncc(Cc2ccccc2Cl)s1. The van der Waals surface area contributed by atoms with Gasteiger partial charge in [0.15, 0.2) is 5.13 Å². The molecule has 2 aromatic heterocycles. The predicted octanol–water partition coefficient (Wildman–Crippen LogP) is 5.60. The summed E-state index contributed by atoms with van der Waals surface area (Å²) in [7, 11) is 0. The first-order valence-corrected chi connectivity index (χ1v) is 12.2. The molecule has 3 heterocycles. The van der Waals surface area contributed by atoms with Crippen LogP contribution in [0.1, 0.15) is 29.0 Å². The zero-order valence-electron chi connectivity index (χ0n) is 16.7. The summed E-state index contributed by atoms with van der Waals surface area (Å²) in [5.74, 6) is 0.281. The van der Waals surface area contributed by atoms with Crippen molar-refractivity contribution in [2.24, 2.45) is 0 Å². The smallest absolute Gasteiger partial charge is 0.266 e. The van der Waals surface area contributed by atoms with Gasteiger partial charge in [0.05, 0.1) is 11.2 Å². The number of anilines is 1. The number of halogens is 1. The molecule has 0 spiro atoms. The number of amides is 2. The summed E-state index contributed by atoms with van der Waals surface area (Å²) in [6, 6.07) is 11.2. The molecule has 32 heavy (non-hydrogen) atoms. The van der Waals surface area contributed by atoms with Gasteiger partial charge in [-0.2, -0.15) is 0 Å². The Morgan fingerprint density at radius 2 is 2.12 bits per heavy atom. The Morgan fingerprint density at radius 3 is 2.91 bits per heavy atom. The third-order valence-corrected chi connectivity index (χ3v) is 7.26. The highest BCUT2D eigenvalue weighted by Crippen LogP contribution is 2.32. The van der Waals surface area contributed by atoms with Gasteiger partial charge in [-0.25, -0.2) is 4.98 Å². The van der Waals surface area contributed by atoms with Gasteiger partial charge in [0, 0.05) is 41.6 Å². The quantitative estimate of drug-likeness (QED) is 0.318. The molecule has 0 radical (unpaired) electrons. The molecule has 6 nitrogen and oxygen atoms in total. The highest BCUT2D eigenvalue weighted by molar-refractivity contribution is 8.26. The van der Waals surface area contributed by atoms with Crippen LogP contribution in [0.25, 0.3) is 6.08 Å². The van der Waals surface area contributed by atoms with E-state index in [-0.39, 0.29) is 18.2 Å². The van der Waals surface area contributed by atoms with E-state index in [0.29, 0.717) is 44.5 Å². The first-order chi connectivity index (χ1) is 15.5. The van der Waals surface area contributed by atoms with Crippen LogP contribution in [0.4, 0.5) is 5.13 Å². The van der Waals surface area contributed by atoms with Crippen LogP contribution < -0.4 is 5.32 Å². The Hall–Kier alpha value is -2.46. The van der Waals surface area contributed by atoms with E-state index in [4.69, 9.17) is 28.2 Å². The van der Waals surface area contributed by atoms with Crippen LogP contribution in [0.5, 0.6) is 0 Å². The molecule has 4 rings (SSSR count). The number of thioether (sulfide) groups is 1. The van der Waals surface area contributed by atoms with Gasteiger partial charge in [-0.15, -0.1) is 11.3 Å². The lowest BCUT2D eigenvalue weighted by Gasteiger charge is -2.13. The van der Waals surface area contributed by atoms with Crippen LogP contribution >= 0.6 is 46.9 Å². The van der Waals surface area contributed by atoms with Gasteiger partial charge >= 0.3 is 0 Å². The molecule has 3 aromatic rings. The zero-order valence-corrected chi connectivity index (χ0v) is 20.0. The van der Waals surface area contributed by atoms with Gasteiger partial charge in [-0.1, -0.05) is 53.8 Å². The summed E-state index contributed by atoms with van der Waals surface area (Å²) < 4.78 is 5.74. The Labute approximate surface area is 203 Å². The van der Waals surface area contributed by atoms with E-state index in [1.54, 1.807) is 30.7 Å². The predicted molar refractivity (Wildman–Crippen MR) is 133 cm³/mol. The molecule has 10 heteroatoms. The maximum absolute atomic E-state index is 12.6. The van der Waals surface area contributed by atoms with E-state index in [9.17, 15) is 9.59 Å². The largest absolute Gasteiger partial charge is 0.465 e. The molecule has 0 atom stereocenters. The van der Waals surface area contributed by atoms with Crippen LogP contribution in [0, 0.1) is 0 Å². The summed E-state index contributed by atoms with van der Waals surface area (Å²) in [5, 5.41) is 4.07. The summed E-state index contributed by atoms with van der Waals surface area (Å²) in [6.45, 7) is 0.378. The van der Waals surface area contributed by atoms with E-state index in [1.807, 2.05) is 24.3 Å². The summed E-state index contributed by atoms with van der Waals surface area (Å²) in [6.07, 6.45) is 6.38. The minimum atomic E-state index is -0.166. The van der Waals surface area contributed by atoms with Crippen LogP contribution in [0.2, 0.25) is 5.02 Å². The van der Waals surface area contributed by atoms with Gasteiger partial charge in [0.25, 0.3) is 5.91 Å². The molecule has 1 saturated heterocycles. The van der Waals surface area contributed by atoms with Crippen molar-refractivity contribution in [1.82, 2.24) is 9.88 Å². The monoisotopic (exact) mass is 503 g/mol. The number of nitrogens with zero attached hydrogens (tertiary/aromatic N) is 2. The van der Waals surface area contributed by atoms with Crippen molar-refractivity contribution in [1.29, 1.82) is 0 Å². The number of thiazole rings is 1. The second-order valence-corrected chi connectivity index (χ2v) is 10.1. The summed E-state index contributed by atoms with van der Waals surface area (Å²) in [5.41, 5.74) is 1.01. The standard InChI is InChI=1S/C22H18ClN3O3S3/c23-17-7-2-1-5-14(17)11-16-13-24-21(31-16)25-19(27)8-3-9-26-20(28)18(32-22(26)30)12-15-6-4-10-29-15/h1-2,4-7,10,12-13H,3,8-9,11H2,(H,24,25,27). The molecule has 1 fully saturated rings. The molecular weight excluding hydrogens is 486 g/mol. The molecule has 0 bridgehead atoms. The summed E-state index contributed by atoms with van der Waals surface area (Å²) >= 11 is 14.2. The average molecular weight is 504 g/mol. The van der Waals surface area contributed by atoms with E-state index < -0.39 is 0 Å². The number of benzene rings is 1. The third kappa shape index (κ3) is 5.66. The molecule has 1 aliphatic rings. The lowest BCUT2D eigenvalue weighted by Crippen LogP contribution is -2.29. The van der Waals surface area contributed by atoms with E-state index in [0.717, 1.165) is 10.4 Å².